The maximum Gasteiger partial charge on any atom is 0.336 e. The number of aliphatic hydroxyl groups excluding tert-OH is 1. The maximum atomic E-state index is 11.6. The molecule has 0 radical (unpaired) electrons. The lowest BCUT2D eigenvalue weighted by molar-refractivity contribution is -0.0595. The van der Waals surface area contributed by atoms with Gasteiger partial charge >= 0.3 is 5.97 Å². The van der Waals surface area contributed by atoms with Crippen molar-refractivity contribution in [2.45, 2.75) is 71.5 Å². The van der Waals surface area contributed by atoms with Crippen LogP contribution in [0.2, 0.25) is 0 Å². The van der Waals surface area contributed by atoms with Crippen molar-refractivity contribution in [3.05, 3.63) is 46.1 Å². The molecule has 6 heteroatoms. The summed E-state index contributed by atoms with van der Waals surface area (Å²) in [5, 5.41) is 30.1. The molecule has 0 bridgehead atoms. The van der Waals surface area contributed by atoms with E-state index in [0.717, 1.165) is 18.9 Å². The molecule has 1 aliphatic rings. The molecule has 0 aliphatic carbocycles. The molecule has 1 aromatic rings. The molecule has 29 heavy (non-hydrogen) atoms. The van der Waals surface area contributed by atoms with E-state index in [1.807, 2.05) is 0 Å². The van der Waals surface area contributed by atoms with E-state index in [1.54, 1.807) is 6.92 Å². The molecular weight excluding hydrogens is 372 g/mol. The zero-order chi connectivity index (χ0) is 21.8. The average Bonchev–Trinajstić information content (AvgIpc) is 2.63. The second kappa shape index (κ2) is 9.27. The highest BCUT2D eigenvalue weighted by atomic mass is 16.5. The van der Waals surface area contributed by atoms with Crippen molar-refractivity contribution in [1.29, 1.82) is 0 Å². The molecule has 3 N–H and O–H groups in total. The van der Waals surface area contributed by atoms with Crippen LogP contribution < -0.4 is 4.74 Å². The van der Waals surface area contributed by atoms with Gasteiger partial charge < -0.3 is 20.1 Å². The van der Waals surface area contributed by atoms with Crippen molar-refractivity contribution in [3.8, 4) is 11.5 Å². The highest BCUT2D eigenvalue weighted by Gasteiger charge is 2.42. The highest BCUT2D eigenvalue weighted by Crippen LogP contribution is 2.43. The molecule has 0 aromatic heterocycles. The molecule has 2 rings (SSSR count). The van der Waals surface area contributed by atoms with Gasteiger partial charge in [0.15, 0.2) is 6.29 Å². The van der Waals surface area contributed by atoms with E-state index < -0.39 is 17.7 Å². The molecule has 0 fully saturated rings. The number of aldehydes is 1. The molecule has 0 saturated heterocycles. The lowest BCUT2D eigenvalue weighted by Crippen LogP contribution is -2.49. The van der Waals surface area contributed by atoms with Crippen molar-refractivity contribution in [2.24, 2.45) is 0 Å². The van der Waals surface area contributed by atoms with Crippen LogP contribution in [-0.4, -0.2) is 39.3 Å². The topological polar surface area (TPSA) is 104 Å². The molecule has 1 heterocycles. The summed E-state index contributed by atoms with van der Waals surface area (Å²) in [6.45, 7) is 7.95. The van der Waals surface area contributed by atoms with Crippen molar-refractivity contribution < 1.29 is 29.6 Å². The predicted octanol–water partition coefficient (Wildman–Crippen LogP) is 4.43. The number of benzene rings is 1. The van der Waals surface area contributed by atoms with Crippen molar-refractivity contribution in [2.75, 3.05) is 0 Å². The van der Waals surface area contributed by atoms with E-state index in [-0.39, 0.29) is 34.6 Å². The Bertz CT molecular complexity index is 847. The minimum absolute atomic E-state index is 0.0504. The number of aromatic hydroxyl groups is 1. The first-order chi connectivity index (χ1) is 13.6. The van der Waals surface area contributed by atoms with Gasteiger partial charge in [-0.1, -0.05) is 23.3 Å². The fourth-order valence-electron chi connectivity index (χ4n) is 3.53. The number of allylic oxidation sites excluding steroid dienone is 4. The molecule has 2 atom stereocenters. The smallest absolute Gasteiger partial charge is 0.336 e. The summed E-state index contributed by atoms with van der Waals surface area (Å²) in [7, 11) is 0. The number of carboxylic acid groups (broad SMARTS) is 1. The zero-order valence-corrected chi connectivity index (χ0v) is 17.5. The lowest BCUT2D eigenvalue weighted by atomic mass is 9.84. The number of aliphatic hydroxyl groups is 1. The summed E-state index contributed by atoms with van der Waals surface area (Å²) < 4.78 is 5.98. The van der Waals surface area contributed by atoms with Gasteiger partial charge in [-0.15, -0.1) is 0 Å². The van der Waals surface area contributed by atoms with Gasteiger partial charge in [-0.3, -0.25) is 4.79 Å². The molecule has 1 aliphatic heterocycles. The van der Waals surface area contributed by atoms with E-state index in [9.17, 15) is 24.9 Å². The Morgan fingerprint density at radius 3 is 2.55 bits per heavy atom. The normalized spacial score (nSPS) is 21.1. The van der Waals surface area contributed by atoms with Crippen LogP contribution in [0.4, 0.5) is 0 Å². The predicted molar refractivity (Wildman–Crippen MR) is 111 cm³/mol. The van der Waals surface area contributed by atoms with Crippen LogP contribution in [0.3, 0.4) is 0 Å². The molecule has 0 amide bonds. The van der Waals surface area contributed by atoms with Gasteiger partial charge in [-0.25, -0.2) is 4.79 Å². The highest BCUT2D eigenvalue weighted by molar-refractivity contribution is 6.00. The Balaban J connectivity index is 2.21. The van der Waals surface area contributed by atoms with E-state index in [1.165, 1.54) is 11.1 Å². The Hall–Kier alpha value is -2.60. The first-order valence-electron chi connectivity index (χ1n) is 9.82. The Labute approximate surface area is 171 Å². The van der Waals surface area contributed by atoms with Crippen molar-refractivity contribution >= 4 is 12.3 Å². The monoisotopic (exact) mass is 402 g/mol. The Morgan fingerprint density at radius 2 is 1.97 bits per heavy atom. The standard InChI is InChI=1S/C23H30O6/c1-14(2)7-5-8-15(3)9-6-10-23(4)20(26)12-17-19(25)11-16(22(27)28)18(13-24)21(17)29-23/h7,9,11,13,20,25-26H,5-6,8,10,12H2,1-4H3,(H,27,28)/b15-9+. The van der Waals surface area contributed by atoms with E-state index in [4.69, 9.17) is 4.74 Å². The third-order valence-corrected chi connectivity index (χ3v) is 5.41. The van der Waals surface area contributed by atoms with Crippen molar-refractivity contribution in [3.63, 3.8) is 0 Å². The second-order valence-electron chi connectivity index (χ2n) is 8.13. The van der Waals surface area contributed by atoms with E-state index in [0.29, 0.717) is 19.1 Å². The van der Waals surface area contributed by atoms with E-state index >= 15 is 0 Å². The van der Waals surface area contributed by atoms with Crippen LogP contribution in [0, 0.1) is 0 Å². The van der Waals surface area contributed by atoms with Gasteiger partial charge in [0, 0.05) is 12.0 Å². The number of aromatic carboxylic acids is 1. The number of fused-ring (bicyclic) bond motifs is 1. The number of phenols is 1. The summed E-state index contributed by atoms with van der Waals surface area (Å²) >= 11 is 0. The molecule has 2 unspecified atom stereocenters. The van der Waals surface area contributed by atoms with Gasteiger partial charge in [-0.2, -0.15) is 0 Å². The molecule has 0 saturated carbocycles. The Kier molecular flexibility index (Phi) is 7.25. The molecule has 6 nitrogen and oxygen atoms in total. The fourth-order valence-corrected chi connectivity index (χ4v) is 3.53. The van der Waals surface area contributed by atoms with Crippen LogP contribution in [-0.2, 0) is 6.42 Å². The summed E-state index contributed by atoms with van der Waals surface area (Å²) in [4.78, 5) is 23.0. The average molecular weight is 402 g/mol. The number of phenolic OH excluding ortho intramolecular Hbond substituents is 1. The van der Waals surface area contributed by atoms with Gasteiger partial charge in [-0.05, 0) is 59.4 Å². The van der Waals surface area contributed by atoms with Gasteiger partial charge in [0.05, 0.1) is 17.2 Å². The van der Waals surface area contributed by atoms with Gasteiger partial charge in [0.1, 0.15) is 17.1 Å². The second-order valence-corrected chi connectivity index (χ2v) is 8.13. The number of carbonyl (C=O) groups excluding carboxylic acids is 1. The fraction of sp³-hybridized carbons (Fsp3) is 0.478. The minimum Gasteiger partial charge on any atom is -0.508 e. The molecular formula is C23H30O6. The zero-order valence-electron chi connectivity index (χ0n) is 17.5. The summed E-state index contributed by atoms with van der Waals surface area (Å²) in [5.41, 5.74) is 1.37. The number of ether oxygens (including phenoxy) is 1. The maximum absolute atomic E-state index is 11.6. The first-order valence-corrected chi connectivity index (χ1v) is 9.82. The minimum atomic E-state index is -1.32. The van der Waals surface area contributed by atoms with E-state index in [2.05, 4.69) is 32.9 Å². The Morgan fingerprint density at radius 1 is 1.28 bits per heavy atom. The third kappa shape index (κ3) is 5.26. The first kappa shape index (κ1) is 22.7. The van der Waals surface area contributed by atoms with Crippen LogP contribution >= 0.6 is 0 Å². The van der Waals surface area contributed by atoms with Gasteiger partial charge in [0.2, 0.25) is 0 Å². The SMILES string of the molecule is CC(C)=CCC/C(C)=C/CCC1(C)Oc2c(C=O)c(C(=O)O)cc(O)c2CC1O. The summed E-state index contributed by atoms with van der Waals surface area (Å²) in [6, 6.07) is 1.03. The quantitative estimate of drug-likeness (QED) is 0.439. The van der Waals surface area contributed by atoms with Crippen molar-refractivity contribution in [1.82, 2.24) is 0 Å². The number of carbonyl (C=O) groups is 2. The largest absolute Gasteiger partial charge is 0.508 e. The summed E-state index contributed by atoms with van der Waals surface area (Å²) in [6.07, 6.45) is 7.02. The van der Waals surface area contributed by atoms with Gasteiger partial charge in [0.25, 0.3) is 0 Å². The van der Waals surface area contributed by atoms with Crippen LogP contribution in [0.5, 0.6) is 11.5 Å². The number of carboxylic acids is 1. The molecule has 0 spiro atoms. The summed E-state index contributed by atoms with van der Waals surface area (Å²) in [5.74, 6) is -1.56. The van der Waals surface area contributed by atoms with Crippen LogP contribution in [0.1, 0.15) is 79.7 Å². The van der Waals surface area contributed by atoms with Crippen LogP contribution in [0.25, 0.3) is 0 Å². The van der Waals surface area contributed by atoms with Crippen LogP contribution in [0.15, 0.2) is 29.4 Å². The number of hydrogen-bond acceptors (Lipinski definition) is 5. The number of rotatable bonds is 8. The lowest BCUT2D eigenvalue weighted by Gasteiger charge is -2.40. The number of hydrogen-bond donors (Lipinski definition) is 3. The molecule has 158 valence electrons. The third-order valence-electron chi connectivity index (χ3n) is 5.41. The molecule has 1 aromatic carbocycles.